The van der Waals surface area contributed by atoms with Gasteiger partial charge in [0.05, 0.1) is 16.1 Å². The van der Waals surface area contributed by atoms with Gasteiger partial charge in [0.2, 0.25) is 15.9 Å². The minimum Gasteiger partial charge on any atom is -0.311 e. The van der Waals surface area contributed by atoms with Crippen LogP contribution in [0.2, 0.25) is 0 Å². The predicted molar refractivity (Wildman–Crippen MR) is 120 cm³/mol. The first-order valence-electron chi connectivity index (χ1n) is 10.2. The van der Waals surface area contributed by atoms with Gasteiger partial charge in [-0.05, 0) is 51.5 Å². The Balaban J connectivity index is 2.01. The lowest BCUT2D eigenvalue weighted by molar-refractivity contribution is -0.116. The molecule has 0 aliphatic carbocycles. The Morgan fingerprint density at radius 3 is 2.23 bits per heavy atom. The number of nitrogens with one attached hydrogen (secondary N) is 1. The molecule has 0 radical (unpaired) electrons. The fraction of sp³-hybridized carbons (Fsp3) is 0.545. The zero-order valence-electron chi connectivity index (χ0n) is 19.4. The van der Waals surface area contributed by atoms with Crippen molar-refractivity contribution in [1.82, 2.24) is 14.1 Å². The van der Waals surface area contributed by atoms with Gasteiger partial charge in [0, 0.05) is 31.5 Å². The average molecular weight is 453 g/mol. The van der Waals surface area contributed by atoms with Crippen molar-refractivity contribution in [3.05, 3.63) is 41.8 Å². The van der Waals surface area contributed by atoms with Crippen molar-refractivity contribution in [2.75, 3.05) is 18.9 Å². The molecule has 0 aliphatic rings. The number of hydrogen-bond donors (Lipinski definition) is 1. The van der Waals surface area contributed by atoms with Crippen molar-refractivity contribution in [2.45, 2.75) is 70.2 Å². The van der Waals surface area contributed by atoms with E-state index in [4.69, 9.17) is 0 Å². The van der Waals surface area contributed by atoms with Crippen LogP contribution < -0.4 is 5.32 Å². The highest BCUT2D eigenvalue weighted by Crippen LogP contribution is 2.28. The van der Waals surface area contributed by atoms with Crippen LogP contribution in [0, 0.1) is 5.82 Å². The van der Waals surface area contributed by atoms with Gasteiger partial charge in [-0.1, -0.05) is 20.8 Å². The molecule has 0 spiro atoms. The number of rotatable bonds is 7. The van der Waals surface area contributed by atoms with Gasteiger partial charge in [-0.3, -0.25) is 4.79 Å². The van der Waals surface area contributed by atoms with E-state index in [1.807, 2.05) is 26.8 Å². The summed E-state index contributed by atoms with van der Waals surface area (Å²) >= 11 is 0. The minimum atomic E-state index is -3.73. The second kappa shape index (κ2) is 9.08. The molecule has 0 aliphatic heterocycles. The molecule has 1 N–H and O–H groups in total. The van der Waals surface area contributed by atoms with E-state index >= 15 is 0 Å². The lowest BCUT2D eigenvalue weighted by Crippen LogP contribution is -2.29. The number of benzene rings is 1. The zero-order valence-corrected chi connectivity index (χ0v) is 20.2. The maximum Gasteiger partial charge on any atom is 0.242 e. The van der Waals surface area contributed by atoms with Gasteiger partial charge >= 0.3 is 0 Å². The smallest absolute Gasteiger partial charge is 0.242 e. The first-order valence-corrected chi connectivity index (χ1v) is 11.7. The Morgan fingerprint density at radius 1 is 1.13 bits per heavy atom. The lowest BCUT2D eigenvalue weighted by atomic mass is 9.92. The first-order chi connectivity index (χ1) is 14.1. The van der Waals surface area contributed by atoms with E-state index in [0.29, 0.717) is 12.2 Å². The van der Waals surface area contributed by atoms with Crippen LogP contribution in [0.3, 0.4) is 0 Å². The summed E-state index contributed by atoms with van der Waals surface area (Å²) in [6.07, 6.45) is 0.502. The first kappa shape index (κ1) is 25.0. The summed E-state index contributed by atoms with van der Waals surface area (Å²) in [5.41, 5.74) is 0.408. The van der Waals surface area contributed by atoms with E-state index in [1.54, 1.807) is 4.68 Å². The van der Waals surface area contributed by atoms with E-state index in [2.05, 4.69) is 31.2 Å². The quantitative estimate of drug-likeness (QED) is 0.685. The maximum atomic E-state index is 13.1. The van der Waals surface area contributed by atoms with Crippen LogP contribution in [-0.2, 0) is 25.8 Å². The highest BCUT2D eigenvalue weighted by atomic mass is 32.2. The van der Waals surface area contributed by atoms with Gasteiger partial charge in [0.15, 0.2) is 0 Å². The average Bonchev–Trinajstić information content (AvgIpc) is 3.06. The van der Waals surface area contributed by atoms with Crippen LogP contribution in [0.1, 0.15) is 60.1 Å². The van der Waals surface area contributed by atoms with Crippen LogP contribution in [0.5, 0.6) is 0 Å². The zero-order chi connectivity index (χ0) is 23.6. The number of nitrogens with zero attached hydrogens (tertiary/aromatic N) is 3. The van der Waals surface area contributed by atoms with Crippen molar-refractivity contribution >= 4 is 21.7 Å². The summed E-state index contributed by atoms with van der Waals surface area (Å²) in [6, 6.07) is 6.56. The second-order valence-electron chi connectivity index (χ2n) is 9.68. The van der Waals surface area contributed by atoms with E-state index in [0.717, 1.165) is 17.8 Å². The fourth-order valence-corrected chi connectivity index (χ4v) is 4.13. The molecule has 1 amide bonds. The highest BCUT2D eigenvalue weighted by Gasteiger charge is 2.26. The Labute approximate surface area is 184 Å². The highest BCUT2D eigenvalue weighted by molar-refractivity contribution is 7.89. The third-order valence-corrected chi connectivity index (χ3v) is 6.65. The number of amides is 1. The van der Waals surface area contributed by atoms with E-state index < -0.39 is 15.8 Å². The third-order valence-electron chi connectivity index (χ3n) is 4.78. The van der Waals surface area contributed by atoms with Gasteiger partial charge in [-0.2, -0.15) is 5.10 Å². The Hall–Kier alpha value is -2.26. The van der Waals surface area contributed by atoms with Crippen molar-refractivity contribution in [3.8, 4) is 0 Å². The molecule has 1 aromatic heterocycles. The van der Waals surface area contributed by atoms with Gasteiger partial charge in [-0.15, -0.1) is 0 Å². The molecule has 0 saturated heterocycles. The number of carbonyl (C=O) groups excluding carboxylic acids is 1. The third kappa shape index (κ3) is 6.36. The fourth-order valence-electron chi connectivity index (χ4n) is 2.92. The van der Waals surface area contributed by atoms with Crippen LogP contribution in [0.25, 0.3) is 0 Å². The van der Waals surface area contributed by atoms with Crippen molar-refractivity contribution in [1.29, 1.82) is 0 Å². The Morgan fingerprint density at radius 2 is 1.71 bits per heavy atom. The van der Waals surface area contributed by atoms with Crippen molar-refractivity contribution in [2.24, 2.45) is 0 Å². The van der Waals surface area contributed by atoms with E-state index in [1.165, 1.54) is 23.5 Å². The summed E-state index contributed by atoms with van der Waals surface area (Å²) in [6.45, 7) is 12.4. The van der Waals surface area contributed by atoms with Crippen LogP contribution in [0.4, 0.5) is 10.2 Å². The van der Waals surface area contributed by atoms with Gasteiger partial charge in [0.1, 0.15) is 11.6 Å². The Bertz CT molecular complexity index is 1020. The molecule has 1 aromatic carbocycles. The number of anilines is 1. The molecular formula is C22H33FN4O3S. The Kier molecular flexibility index (Phi) is 7.32. The van der Waals surface area contributed by atoms with E-state index in [-0.39, 0.29) is 34.7 Å². The summed E-state index contributed by atoms with van der Waals surface area (Å²) in [5.74, 6) is -0.0875. The maximum absolute atomic E-state index is 13.1. The molecular weight excluding hydrogens is 419 g/mol. The summed E-state index contributed by atoms with van der Waals surface area (Å²) < 4.78 is 41.1. The summed E-state index contributed by atoms with van der Waals surface area (Å²) in [7, 11) is -2.29. The SMILES string of the molecule is CN(CCCC(=O)Nc1cc(C(C)(C)C)nn1C(C)(C)C)S(=O)(=O)c1ccc(F)cc1. The molecule has 31 heavy (non-hydrogen) atoms. The molecule has 2 aromatic rings. The standard InChI is InChI=1S/C22H33FN4O3S/c1-21(2,3)18-15-19(27(25-18)22(4,5)6)24-20(28)9-8-14-26(7)31(29,30)17-12-10-16(23)11-13-17/h10-13,15H,8-9,14H2,1-7H3,(H,24,28). The van der Waals surface area contributed by atoms with Gasteiger partial charge in [0.25, 0.3) is 0 Å². The van der Waals surface area contributed by atoms with Crippen LogP contribution in [0.15, 0.2) is 35.2 Å². The van der Waals surface area contributed by atoms with E-state index in [9.17, 15) is 17.6 Å². The molecule has 0 unspecified atom stereocenters. The molecule has 1 heterocycles. The van der Waals surface area contributed by atoms with Gasteiger partial charge < -0.3 is 5.32 Å². The number of hydrogen-bond acceptors (Lipinski definition) is 4. The number of aromatic nitrogens is 2. The number of carbonyl (C=O) groups is 1. The molecule has 2 rings (SSSR count). The molecule has 0 fully saturated rings. The minimum absolute atomic E-state index is 0.0182. The molecule has 0 atom stereocenters. The molecule has 7 nitrogen and oxygen atoms in total. The molecule has 0 saturated carbocycles. The number of halogens is 1. The normalized spacial score (nSPS) is 12.9. The molecule has 9 heteroatoms. The second-order valence-corrected chi connectivity index (χ2v) is 11.7. The van der Waals surface area contributed by atoms with Crippen LogP contribution in [-0.4, -0.2) is 42.0 Å². The van der Waals surface area contributed by atoms with Gasteiger partial charge in [-0.25, -0.2) is 21.8 Å². The van der Waals surface area contributed by atoms with Crippen LogP contribution >= 0.6 is 0 Å². The topological polar surface area (TPSA) is 84.3 Å². The number of sulfonamides is 1. The molecule has 172 valence electrons. The van der Waals surface area contributed by atoms with Crippen molar-refractivity contribution in [3.63, 3.8) is 0 Å². The van der Waals surface area contributed by atoms with Crippen molar-refractivity contribution < 1.29 is 17.6 Å². The molecule has 0 bridgehead atoms. The predicted octanol–water partition coefficient (Wildman–Crippen LogP) is 4.11. The summed E-state index contributed by atoms with van der Waals surface area (Å²) in [5, 5.41) is 7.59. The lowest BCUT2D eigenvalue weighted by Gasteiger charge is -2.23. The summed E-state index contributed by atoms with van der Waals surface area (Å²) in [4.78, 5) is 12.5. The monoisotopic (exact) mass is 452 g/mol. The largest absolute Gasteiger partial charge is 0.311 e.